The summed E-state index contributed by atoms with van der Waals surface area (Å²) in [6, 6.07) is 15.5. The number of rotatable bonds is 5. The molecule has 2 heterocycles. The number of benzene rings is 2. The minimum absolute atomic E-state index is 0.0720. The molecule has 182 valence electrons. The Morgan fingerprint density at radius 2 is 1.63 bits per heavy atom. The largest absolute Gasteiger partial charge is 0.417 e. The summed E-state index contributed by atoms with van der Waals surface area (Å²) in [5, 5.41) is 9.43. The predicted octanol–water partition coefficient (Wildman–Crippen LogP) is 6.06. The fourth-order valence-corrected chi connectivity index (χ4v) is 4.72. The van der Waals surface area contributed by atoms with Crippen LogP contribution in [0, 0.1) is 25.2 Å². The zero-order valence-electron chi connectivity index (χ0n) is 20.0. The maximum Gasteiger partial charge on any atom is 0.417 e. The highest BCUT2D eigenvalue weighted by Gasteiger charge is 2.36. The molecular formula is C28H28F3N3O. The minimum Gasteiger partial charge on any atom is -0.303 e. The van der Waals surface area contributed by atoms with E-state index in [1.807, 2.05) is 44.2 Å². The van der Waals surface area contributed by atoms with Crippen LogP contribution in [0.3, 0.4) is 0 Å². The lowest BCUT2D eigenvalue weighted by molar-refractivity contribution is -0.137. The minimum atomic E-state index is -4.81. The van der Waals surface area contributed by atoms with Crippen molar-refractivity contribution in [1.29, 1.82) is 5.26 Å². The highest BCUT2D eigenvalue weighted by atomic mass is 19.4. The molecule has 0 saturated carbocycles. The molecule has 35 heavy (non-hydrogen) atoms. The van der Waals surface area contributed by atoms with E-state index in [-0.39, 0.29) is 12.2 Å². The summed E-state index contributed by atoms with van der Waals surface area (Å²) in [4.78, 5) is 15.6. The van der Waals surface area contributed by atoms with Crippen molar-refractivity contribution < 1.29 is 13.2 Å². The average molecular weight is 480 g/mol. The van der Waals surface area contributed by atoms with Gasteiger partial charge in [0.2, 0.25) is 0 Å². The smallest absolute Gasteiger partial charge is 0.303 e. The van der Waals surface area contributed by atoms with Crippen LogP contribution in [-0.4, -0.2) is 22.6 Å². The van der Waals surface area contributed by atoms with Gasteiger partial charge in [0.1, 0.15) is 11.6 Å². The molecule has 0 unspecified atom stereocenters. The van der Waals surface area contributed by atoms with Crippen LogP contribution in [0.25, 0.3) is 11.3 Å². The van der Waals surface area contributed by atoms with Gasteiger partial charge in [-0.15, -0.1) is 0 Å². The normalized spacial score (nSPS) is 14.6. The van der Waals surface area contributed by atoms with Crippen molar-refractivity contribution in [3.8, 4) is 17.3 Å². The van der Waals surface area contributed by atoms with E-state index in [2.05, 4.69) is 4.90 Å². The molecule has 0 amide bonds. The van der Waals surface area contributed by atoms with Crippen LogP contribution < -0.4 is 5.56 Å². The van der Waals surface area contributed by atoms with Crippen molar-refractivity contribution in [1.82, 2.24) is 9.47 Å². The number of likely N-dealkylation sites (tertiary alicyclic amines) is 1. The van der Waals surface area contributed by atoms with Crippen LogP contribution >= 0.6 is 0 Å². The van der Waals surface area contributed by atoms with Crippen LogP contribution in [0.2, 0.25) is 0 Å². The van der Waals surface area contributed by atoms with Gasteiger partial charge in [-0.2, -0.15) is 18.4 Å². The van der Waals surface area contributed by atoms with Gasteiger partial charge in [-0.3, -0.25) is 9.69 Å². The molecule has 0 atom stereocenters. The number of piperidine rings is 1. The third-order valence-electron chi connectivity index (χ3n) is 6.65. The lowest BCUT2D eigenvalue weighted by Crippen LogP contribution is -2.29. The highest BCUT2D eigenvalue weighted by molar-refractivity contribution is 5.63. The van der Waals surface area contributed by atoms with Gasteiger partial charge >= 0.3 is 6.18 Å². The zero-order chi connectivity index (χ0) is 25.2. The van der Waals surface area contributed by atoms with Crippen molar-refractivity contribution in [2.24, 2.45) is 0 Å². The fourth-order valence-electron chi connectivity index (χ4n) is 4.72. The van der Waals surface area contributed by atoms with Crippen LogP contribution in [0.15, 0.2) is 53.3 Å². The Labute approximate surface area is 203 Å². The van der Waals surface area contributed by atoms with E-state index in [9.17, 15) is 23.2 Å². The molecular weight excluding hydrogens is 451 g/mol. The zero-order valence-corrected chi connectivity index (χ0v) is 20.0. The van der Waals surface area contributed by atoms with E-state index in [0.717, 1.165) is 48.0 Å². The first-order valence-corrected chi connectivity index (χ1v) is 11.8. The first kappa shape index (κ1) is 24.7. The van der Waals surface area contributed by atoms with E-state index < -0.39 is 22.9 Å². The van der Waals surface area contributed by atoms with Crippen molar-refractivity contribution in [2.45, 2.75) is 52.4 Å². The fraction of sp³-hybridized carbons (Fsp3) is 0.357. The van der Waals surface area contributed by atoms with E-state index in [1.165, 1.54) is 29.9 Å². The molecule has 0 bridgehead atoms. The third-order valence-corrected chi connectivity index (χ3v) is 6.65. The Balaban J connectivity index is 1.80. The summed E-state index contributed by atoms with van der Waals surface area (Å²) in [6.45, 7) is 6.80. The Morgan fingerprint density at radius 1 is 0.943 bits per heavy atom. The van der Waals surface area contributed by atoms with Gasteiger partial charge in [0, 0.05) is 6.54 Å². The molecule has 0 N–H and O–H groups in total. The number of hydrogen-bond donors (Lipinski definition) is 0. The maximum atomic E-state index is 13.8. The van der Waals surface area contributed by atoms with E-state index in [1.54, 1.807) is 12.1 Å². The number of hydrogen-bond acceptors (Lipinski definition) is 3. The molecule has 0 spiro atoms. The van der Waals surface area contributed by atoms with Gasteiger partial charge in [0.25, 0.3) is 5.56 Å². The summed E-state index contributed by atoms with van der Waals surface area (Å²) in [5.41, 5.74) is 1.49. The van der Waals surface area contributed by atoms with Crippen molar-refractivity contribution in [3.63, 3.8) is 0 Å². The van der Waals surface area contributed by atoms with Crippen LogP contribution in [0.4, 0.5) is 13.2 Å². The average Bonchev–Trinajstić information content (AvgIpc) is 2.82. The second-order valence-electron chi connectivity index (χ2n) is 9.28. The van der Waals surface area contributed by atoms with Gasteiger partial charge in [-0.05, 0) is 68.1 Å². The molecule has 1 saturated heterocycles. The summed E-state index contributed by atoms with van der Waals surface area (Å²) in [5.74, 6) is 0. The monoisotopic (exact) mass is 479 g/mol. The Morgan fingerprint density at radius 3 is 2.23 bits per heavy atom. The Kier molecular flexibility index (Phi) is 7.13. The van der Waals surface area contributed by atoms with Crippen LogP contribution in [0.5, 0.6) is 0 Å². The third kappa shape index (κ3) is 5.49. The van der Waals surface area contributed by atoms with Crippen LogP contribution in [-0.2, 0) is 19.3 Å². The van der Waals surface area contributed by atoms with Gasteiger partial charge in [0.15, 0.2) is 0 Å². The maximum absolute atomic E-state index is 13.8. The second kappa shape index (κ2) is 10.1. The number of aromatic nitrogens is 1. The Bertz CT molecular complexity index is 1310. The predicted molar refractivity (Wildman–Crippen MR) is 130 cm³/mol. The lowest BCUT2D eigenvalue weighted by atomic mass is 10.0. The van der Waals surface area contributed by atoms with Gasteiger partial charge < -0.3 is 4.57 Å². The van der Waals surface area contributed by atoms with E-state index in [4.69, 9.17) is 0 Å². The topological polar surface area (TPSA) is 49.0 Å². The quantitative estimate of drug-likeness (QED) is 0.447. The Hall–Kier alpha value is -3.37. The summed E-state index contributed by atoms with van der Waals surface area (Å²) in [6.07, 6.45) is -1.22. The number of nitrogens with zero attached hydrogens (tertiary/aromatic N) is 3. The van der Waals surface area contributed by atoms with E-state index >= 15 is 0 Å². The van der Waals surface area contributed by atoms with Gasteiger partial charge in [-0.25, -0.2) is 0 Å². The number of pyridine rings is 1. The van der Waals surface area contributed by atoms with Crippen molar-refractivity contribution in [2.75, 3.05) is 13.1 Å². The summed E-state index contributed by atoms with van der Waals surface area (Å²) in [7, 11) is 0. The molecule has 7 heteroatoms. The van der Waals surface area contributed by atoms with Gasteiger partial charge in [-0.1, -0.05) is 54.4 Å². The SMILES string of the molecule is Cc1ccc(Cn2c(-c3ccc(CN4CCCCC4)cc3)cc(C(F)(F)F)c(C#N)c2=O)c(C)c1. The summed E-state index contributed by atoms with van der Waals surface area (Å²) < 4.78 is 42.7. The highest BCUT2D eigenvalue weighted by Crippen LogP contribution is 2.34. The number of alkyl halides is 3. The standard InChI is InChI=1S/C28H28F3N3O/c1-19-6-9-23(20(2)14-19)18-34-26(15-25(28(29,30)31)24(16-32)27(34)35)22-10-7-21(8-11-22)17-33-12-4-3-5-13-33/h6-11,14-15H,3-5,12-13,17-18H2,1-2H3. The molecule has 1 aromatic heterocycles. The molecule has 0 aliphatic carbocycles. The number of aryl methyl sites for hydroxylation is 2. The lowest BCUT2D eigenvalue weighted by Gasteiger charge is -2.26. The van der Waals surface area contributed by atoms with Crippen molar-refractivity contribution >= 4 is 0 Å². The first-order chi connectivity index (χ1) is 16.7. The molecule has 1 aliphatic rings. The van der Waals surface area contributed by atoms with E-state index in [0.29, 0.717) is 5.56 Å². The molecule has 1 aliphatic heterocycles. The summed E-state index contributed by atoms with van der Waals surface area (Å²) >= 11 is 0. The number of halogens is 3. The molecule has 2 aromatic carbocycles. The number of nitriles is 1. The van der Waals surface area contributed by atoms with Crippen molar-refractivity contribution in [3.05, 3.63) is 92.3 Å². The molecule has 0 radical (unpaired) electrons. The molecule has 4 nitrogen and oxygen atoms in total. The molecule has 4 rings (SSSR count). The first-order valence-electron chi connectivity index (χ1n) is 11.8. The van der Waals surface area contributed by atoms with Crippen LogP contribution in [0.1, 0.15) is 52.6 Å². The molecule has 3 aromatic rings. The molecule has 1 fully saturated rings. The second-order valence-corrected chi connectivity index (χ2v) is 9.28. The van der Waals surface area contributed by atoms with Gasteiger partial charge in [0.05, 0.1) is 17.8 Å².